The number of amides is 1. The summed E-state index contributed by atoms with van der Waals surface area (Å²) in [6.07, 6.45) is 1.14. The molecule has 2 saturated heterocycles. The second kappa shape index (κ2) is 15.6. The van der Waals surface area contributed by atoms with Gasteiger partial charge in [0, 0.05) is 62.0 Å². The molecule has 234 valence electrons. The lowest BCUT2D eigenvalue weighted by atomic mass is 9.98. The maximum Gasteiger partial charge on any atom is 0.407 e. The maximum absolute atomic E-state index is 14.9. The Bertz CT molecular complexity index is 1340. The standard InChI is InChI=1S/C22H29FN4O5.C9H13NO/c1-30-19-11-15-17(12-20(19)32-8-2-4-26-6-9-31-10-7-26)25-13-16(23)21(15)18-14-24-3-5-27(18)22(28)29;1-7(2)11-9-5-3-8(10)4-6-9/h11-13,18,24H,2-10,14H2,1H3,(H,28,29);3-7H,10H2,1-2H3. The van der Waals surface area contributed by atoms with Gasteiger partial charge in [0.25, 0.3) is 0 Å². The highest BCUT2D eigenvalue weighted by Crippen LogP contribution is 2.37. The first-order valence-electron chi connectivity index (χ1n) is 14.6. The second-order valence-electron chi connectivity index (χ2n) is 10.6. The van der Waals surface area contributed by atoms with Crippen molar-refractivity contribution in [2.75, 3.05) is 71.9 Å². The van der Waals surface area contributed by atoms with Gasteiger partial charge in [-0.3, -0.25) is 14.8 Å². The fraction of sp³-hybridized carbons (Fsp3) is 0.484. The van der Waals surface area contributed by atoms with Crippen molar-refractivity contribution >= 4 is 22.7 Å². The lowest BCUT2D eigenvalue weighted by Crippen LogP contribution is -2.48. The molecule has 2 aliphatic rings. The molecule has 3 heterocycles. The molecule has 11 nitrogen and oxygen atoms in total. The van der Waals surface area contributed by atoms with Gasteiger partial charge in [0.2, 0.25) is 0 Å². The summed E-state index contributed by atoms with van der Waals surface area (Å²) in [5.41, 5.74) is 7.09. The number of hydrogen-bond donors (Lipinski definition) is 3. The highest BCUT2D eigenvalue weighted by atomic mass is 19.1. The van der Waals surface area contributed by atoms with E-state index in [9.17, 15) is 14.3 Å². The highest BCUT2D eigenvalue weighted by molar-refractivity contribution is 5.87. The van der Waals surface area contributed by atoms with E-state index in [4.69, 9.17) is 24.7 Å². The van der Waals surface area contributed by atoms with E-state index in [1.54, 1.807) is 12.1 Å². The molecular formula is C31H42FN5O6. The molecule has 0 radical (unpaired) electrons. The zero-order valence-electron chi connectivity index (χ0n) is 25.1. The smallest absolute Gasteiger partial charge is 0.407 e. The zero-order chi connectivity index (χ0) is 30.8. The number of methoxy groups -OCH3 is 1. The molecule has 0 saturated carbocycles. The molecular weight excluding hydrogens is 557 g/mol. The third-order valence-electron chi connectivity index (χ3n) is 7.20. The minimum absolute atomic E-state index is 0.221. The number of ether oxygens (including phenoxy) is 4. The summed E-state index contributed by atoms with van der Waals surface area (Å²) in [7, 11) is 1.53. The van der Waals surface area contributed by atoms with Crippen molar-refractivity contribution in [3.8, 4) is 17.2 Å². The van der Waals surface area contributed by atoms with Crippen LogP contribution >= 0.6 is 0 Å². The van der Waals surface area contributed by atoms with E-state index in [2.05, 4.69) is 15.2 Å². The molecule has 12 heteroatoms. The monoisotopic (exact) mass is 599 g/mol. The summed E-state index contributed by atoms with van der Waals surface area (Å²) in [5, 5.41) is 13.3. The van der Waals surface area contributed by atoms with Crippen molar-refractivity contribution in [2.24, 2.45) is 0 Å². The van der Waals surface area contributed by atoms with Gasteiger partial charge in [0.15, 0.2) is 11.5 Å². The summed E-state index contributed by atoms with van der Waals surface area (Å²) in [5.74, 6) is 1.32. The van der Waals surface area contributed by atoms with E-state index in [1.807, 2.05) is 38.1 Å². The van der Waals surface area contributed by atoms with Crippen LogP contribution in [0.5, 0.6) is 17.2 Å². The number of fused-ring (bicyclic) bond motifs is 1. The maximum atomic E-state index is 14.9. The number of nitrogen functional groups attached to an aromatic ring is 1. The van der Waals surface area contributed by atoms with Crippen molar-refractivity contribution in [2.45, 2.75) is 32.4 Å². The Kier molecular flexibility index (Phi) is 11.6. The number of morpholine rings is 1. The molecule has 2 aliphatic heterocycles. The van der Waals surface area contributed by atoms with E-state index in [0.717, 1.165) is 56.9 Å². The number of aromatic nitrogens is 1. The number of carboxylic acid groups (broad SMARTS) is 1. The molecule has 1 atom stereocenters. The molecule has 3 aromatic rings. The number of nitrogens with one attached hydrogen (secondary N) is 1. The van der Waals surface area contributed by atoms with Gasteiger partial charge in [0.05, 0.1) is 50.8 Å². The van der Waals surface area contributed by atoms with Gasteiger partial charge in [-0.25, -0.2) is 9.18 Å². The van der Waals surface area contributed by atoms with Crippen molar-refractivity contribution in [3.63, 3.8) is 0 Å². The second-order valence-corrected chi connectivity index (χ2v) is 10.6. The Balaban J connectivity index is 0.000000324. The van der Waals surface area contributed by atoms with Crippen LogP contribution in [0.4, 0.5) is 14.9 Å². The van der Waals surface area contributed by atoms with E-state index in [1.165, 1.54) is 12.0 Å². The number of nitrogens with two attached hydrogens (primary N) is 1. The van der Waals surface area contributed by atoms with Crippen LogP contribution in [0.2, 0.25) is 0 Å². The van der Waals surface area contributed by atoms with Crippen LogP contribution in [-0.2, 0) is 4.74 Å². The lowest BCUT2D eigenvalue weighted by molar-refractivity contribution is 0.0357. The number of benzene rings is 2. The Hall–Kier alpha value is -3.87. The fourth-order valence-corrected chi connectivity index (χ4v) is 5.11. The van der Waals surface area contributed by atoms with E-state index in [0.29, 0.717) is 47.7 Å². The number of hydrogen-bond acceptors (Lipinski definition) is 9. The third kappa shape index (κ3) is 8.82. The van der Waals surface area contributed by atoms with E-state index < -0.39 is 18.0 Å². The van der Waals surface area contributed by atoms with Crippen LogP contribution in [0, 0.1) is 5.82 Å². The largest absolute Gasteiger partial charge is 0.493 e. The summed E-state index contributed by atoms with van der Waals surface area (Å²) < 4.78 is 37.2. The fourth-order valence-electron chi connectivity index (χ4n) is 5.11. The van der Waals surface area contributed by atoms with Gasteiger partial charge in [-0.1, -0.05) is 0 Å². The van der Waals surface area contributed by atoms with E-state index in [-0.39, 0.29) is 12.6 Å². The van der Waals surface area contributed by atoms with Gasteiger partial charge in [-0.15, -0.1) is 0 Å². The molecule has 1 unspecified atom stereocenters. The summed E-state index contributed by atoms with van der Waals surface area (Å²) >= 11 is 0. The minimum atomic E-state index is -1.08. The van der Waals surface area contributed by atoms with Gasteiger partial charge < -0.3 is 35.1 Å². The lowest BCUT2D eigenvalue weighted by Gasteiger charge is -2.35. The average Bonchev–Trinajstić information content (AvgIpc) is 3.00. The van der Waals surface area contributed by atoms with Gasteiger partial charge in [-0.2, -0.15) is 0 Å². The molecule has 2 fully saturated rings. The first-order valence-corrected chi connectivity index (χ1v) is 14.6. The molecule has 1 amide bonds. The zero-order valence-corrected chi connectivity index (χ0v) is 25.1. The van der Waals surface area contributed by atoms with Crippen LogP contribution in [0.25, 0.3) is 10.9 Å². The van der Waals surface area contributed by atoms with Crippen molar-refractivity contribution in [3.05, 3.63) is 54.0 Å². The molecule has 2 aromatic carbocycles. The van der Waals surface area contributed by atoms with E-state index >= 15 is 0 Å². The SMILES string of the molecule is CC(C)Oc1ccc(N)cc1.COc1cc2c(C3CNCCN3C(=O)O)c(F)cnc2cc1OCCCN1CCOCC1. The third-order valence-corrected chi connectivity index (χ3v) is 7.20. The molecule has 0 bridgehead atoms. The molecule has 0 spiro atoms. The molecule has 5 rings (SSSR count). The van der Waals surface area contributed by atoms with Crippen molar-refractivity contribution in [1.29, 1.82) is 0 Å². The Morgan fingerprint density at radius 1 is 1.19 bits per heavy atom. The van der Waals surface area contributed by atoms with Gasteiger partial charge >= 0.3 is 6.09 Å². The Morgan fingerprint density at radius 3 is 2.60 bits per heavy atom. The number of nitrogens with zero attached hydrogens (tertiary/aromatic N) is 3. The van der Waals surface area contributed by atoms with Crippen molar-refractivity contribution < 1.29 is 33.2 Å². The van der Waals surface area contributed by atoms with Crippen LogP contribution in [0.15, 0.2) is 42.6 Å². The number of anilines is 1. The Labute approximate surface area is 251 Å². The number of carbonyl (C=O) groups is 1. The first-order chi connectivity index (χ1) is 20.8. The summed E-state index contributed by atoms with van der Waals surface area (Å²) in [6, 6.07) is 10.2. The highest BCUT2D eigenvalue weighted by Gasteiger charge is 2.31. The molecule has 4 N–H and O–H groups in total. The normalized spacial score (nSPS) is 17.3. The van der Waals surface area contributed by atoms with Gasteiger partial charge in [-0.05, 0) is 50.6 Å². The number of pyridine rings is 1. The predicted octanol–water partition coefficient (Wildman–Crippen LogP) is 4.16. The minimum Gasteiger partial charge on any atom is -0.493 e. The quantitative estimate of drug-likeness (QED) is 0.243. The number of halogens is 1. The topological polar surface area (TPSA) is 132 Å². The summed E-state index contributed by atoms with van der Waals surface area (Å²) in [4.78, 5) is 19.6. The van der Waals surface area contributed by atoms with Crippen LogP contribution in [0.3, 0.4) is 0 Å². The predicted molar refractivity (Wildman–Crippen MR) is 163 cm³/mol. The van der Waals surface area contributed by atoms with Crippen LogP contribution in [0.1, 0.15) is 31.9 Å². The molecule has 1 aromatic heterocycles. The van der Waals surface area contributed by atoms with Crippen molar-refractivity contribution in [1.82, 2.24) is 20.1 Å². The average molecular weight is 600 g/mol. The van der Waals surface area contributed by atoms with Crippen LogP contribution < -0.4 is 25.3 Å². The number of rotatable bonds is 9. The Morgan fingerprint density at radius 2 is 1.93 bits per heavy atom. The molecule has 43 heavy (non-hydrogen) atoms. The first kappa shape index (κ1) is 32.1. The summed E-state index contributed by atoms with van der Waals surface area (Å²) in [6.45, 7) is 9.95. The molecule has 0 aliphatic carbocycles. The van der Waals surface area contributed by atoms with Gasteiger partial charge in [0.1, 0.15) is 11.6 Å². The van der Waals surface area contributed by atoms with Crippen LogP contribution in [-0.4, -0.2) is 98.3 Å². The number of piperazine rings is 1.